The summed E-state index contributed by atoms with van der Waals surface area (Å²) in [4.78, 5) is 11.7. The first-order chi connectivity index (χ1) is 8.36. The molecule has 98 valence electrons. The summed E-state index contributed by atoms with van der Waals surface area (Å²) in [6, 6.07) is 0. The van der Waals surface area contributed by atoms with Crippen molar-refractivity contribution in [2.45, 2.75) is 32.1 Å². The summed E-state index contributed by atoms with van der Waals surface area (Å²) >= 11 is 0. The van der Waals surface area contributed by atoms with Gasteiger partial charge in [0.1, 0.15) is 0 Å². The molecule has 0 atom stereocenters. The zero-order valence-corrected chi connectivity index (χ0v) is 10.5. The van der Waals surface area contributed by atoms with Gasteiger partial charge in [0, 0.05) is 38.9 Å². The molecule has 2 rings (SSSR count). The molecular formula is C13H23NO3. The number of rotatable bonds is 7. The second kappa shape index (κ2) is 6.97. The van der Waals surface area contributed by atoms with E-state index < -0.39 is 0 Å². The Hall–Kier alpha value is -0.610. The fourth-order valence-electron chi connectivity index (χ4n) is 2.02. The Bertz CT molecular complexity index is 235. The summed E-state index contributed by atoms with van der Waals surface area (Å²) < 4.78 is 10.7. The van der Waals surface area contributed by atoms with Gasteiger partial charge < -0.3 is 14.8 Å². The monoisotopic (exact) mass is 241 g/mol. The number of ether oxygens (including phenoxy) is 2. The standard InChI is InChI=1S/C13H23NO3/c15-13(12-4-8-16-9-5-12)14-6-1-7-17-10-11-2-3-11/h11-12H,1-10H2,(H,14,15). The van der Waals surface area contributed by atoms with E-state index in [9.17, 15) is 4.79 Å². The van der Waals surface area contributed by atoms with Crippen LogP contribution in [0.15, 0.2) is 0 Å². The molecule has 17 heavy (non-hydrogen) atoms. The zero-order chi connectivity index (χ0) is 11.9. The molecule has 0 spiro atoms. The summed E-state index contributed by atoms with van der Waals surface area (Å²) in [5.74, 6) is 1.18. The number of hydrogen-bond donors (Lipinski definition) is 1. The Balaban J connectivity index is 1.44. The Morgan fingerprint density at radius 2 is 2.00 bits per heavy atom. The predicted molar refractivity (Wildman–Crippen MR) is 64.7 cm³/mol. The Kier molecular flexibility index (Phi) is 5.26. The van der Waals surface area contributed by atoms with Crippen molar-refractivity contribution in [3.63, 3.8) is 0 Å². The highest BCUT2D eigenvalue weighted by molar-refractivity contribution is 5.78. The van der Waals surface area contributed by atoms with E-state index >= 15 is 0 Å². The highest BCUT2D eigenvalue weighted by atomic mass is 16.5. The maximum atomic E-state index is 11.7. The van der Waals surface area contributed by atoms with E-state index in [4.69, 9.17) is 9.47 Å². The number of nitrogens with one attached hydrogen (secondary N) is 1. The number of amides is 1. The molecule has 1 amide bonds. The number of hydrogen-bond acceptors (Lipinski definition) is 3. The van der Waals surface area contributed by atoms with Crippen molar-refractivity contribution in [3.8, 4) is 0 Å². The van der Waals surface area contributed by atoms with Crippen LogP contribution in [0.5, 0.6) is 0 Å². The van der Waals surface area contributed by atoms with Gasteiger partial charge in [-0.1, -0.05) is 0 Å². The second-order valence-corrected chi connectivity index (χ2v) is 5.05. The van der Waals surface area contributed by atoms with Gasteiger partial charge in [0.15, 0.2) is 0 Å². The van der Waals surface area contributed by atoms with E-state index in [1.165, 1.54) is 12.8 Å². The van der Waals surface area contributed by atoms with E-state index in [-0.39, 0.29) is 11.8 Å². The quantitative estimate of drug-likeness (QED) is 0.684. The van der Waals surface area contributed by atoms with Gasteiger partial charge in [-0.05, 0) is 38.0 Å². The van der Waals surface area contributed by atoms with Crippen LogP contribution in [-0.2, 0) is 14.3 Å². The van der Waals surface area contributed by atoms with Crippen molar-refractivity contribution in [2.24, 2.45) is 11.8 Å². The van der Waals surface area contributed by atoms with Crippen LogP contribution in [-0.4, -0.2) is 38.9 Å². The van der Waals surface area contributed by atoms with Crippen LogP contribution in [0.1, 0.15) is 32.1 Å². The van der Waals surface area contributed by atoms with E-state index in [1.807, 2.05) is 0 Å². The molecule has 0 aromatic heterocycles. The van der Waals surface area contributed by atoms with Crippen LogP contribution >= 0.6 is 0 Å². The molecule has 1 saturated heterocycles. The zero-order valence-electron chi connectivity index (χ0n) is 10.5. The largest absolute Gasteiger partial charge is 0.381 e. The van der Waals surface area contributed by atoms with Crippen LogP contribution in [0.2, 0.25) is 0 Å². The average molecular weight is 241 g/mol. The molecule has 1 saturated carbocycles. The van der Waals surface area contributed by atoms with Crippen LogP contribution in [0.3, 0.4) is 0 Å². The van der Waals surface area contributed by atoms with Gasteiger partial charge in [-0.15, -0.1) is 0 Å². The molecule has 0 bridgehead atoms. The van der Waals surface area contributed by atoms with Gasteiger partial charge in [-0.25, -0.2) is 0 Å². The van der Waals surface area contributed by atoms with Crippen LogP contribution < -0.4 is 5.32 Å². The van der Waals surface area contributed by atoms with Gasteiger partial charge >= 0.3 is 0 Å². The molecule has 1 N–H and O–H groups in total. The first-order valence-corrected chi connectivity index (χ1v) is 6.79. The smallest absolute Gasteiger partial charge is 0.223 e. The lowest BCUT2D eigenvalue weighted by molar-refractivity contribution is -0.127. The lowest BCUT2D eigenvalue weighted by Crippen LogP contribution is -2.35. The highest BCUT2D eigenvalue weighted by Gasteiger charge is 2.21. The molecule has 0 radical (unpaired) electrons. The Labute approximate surface area is 103 Å². The normalized spacial score (nSPS) is 21.4. The third kappa shape index (κ3) is 5.04. The fraction of sp³-hybridized carbons (Fsp3) is 0.923. The minimum absolute atomic E-state index is 0.163. The van der Waals surface area contributed by atoms with E-state index in [0.717, 1.165) is 58.2 Å². The van der Waals surface area contributed by atoms with Crippen molar-refractivity contribution in [2.75, 3.05) is 33.0 Å². The van der Waals surface area contributed by atoms with E-state index in [2.05, 4.69) is 5.32 Å². The minimum atomic E-state index is 0.163. The molecule has 4 nitrogen and oxygen atoms in total. The summed E-state index contributed by atoms with van der Waals surface area (Å²) in [5.41, 5.74) is 0. The van der Waals surface area contributed by atoms with Crippen molar-refractivity contribution >= 4 is 5.91 Å². The Morgan fingerprint density at radius 3 is 2.71 bits per heavy atom. The van der Waals surface area contributed by atoms with Crippen LogP contribution in [0.4, 0.5) is 0 Å². The molecule has 0 aromatic carbocycles. The molecule has 0 unspecified atom stereocenters. The van der Waals surface area contributed by atoms with Gasteiger partial charge in [0.25, 0.3) is 0 Å². The third-order valence-corrected chi connectivity index (χ3v) is 3.41. The molecule has 0 aromatic rings. The first kappa shape index (κ1) is 12.8. The topological polar surface area (TPSA) is 47.6 Å². The van der Waals surface area contributed by atoms with Gasteiger partial charge in [-0.3, -0.25) is 4.79 Å². The number of carbonyl (C=O) groups is 1. The molecule has 1 aliphatic heterocycles. The molecule has 4 heteroatoms. The Morgan fingerprint density at radius 1 is 1.24 bits per heavy atom. The maximum absolute atomic E-state index is 11.7. The van der Waals surface area contributed by atoms with Crippen LogP contribution in [0, 0.1) is 11.8 Å². The van der Waals surface area contributed by atoms with E-state index in [0.29, 0.717) is 0 Å². The maximum Gasteiger partial charge on any atom is 0.223 e. The molecular weight excluding hydrogens is 218 g/mol. The molecule has 1 heterocycles. The predicted octanol–water partition coefficient (Wildman–Crippen LogP) is 1.35. The lowest BCUT2D eigenvalue weighted by Gasteiger charge is -2.21. The highest BCUT2D eigenvalue weighted by Crippen LogP contribution is 2.28. The van der Waals surface area contributed by atoms with Gasteiger partial charge in [-0.2, -0.15) is 0 Å². The number of carbonyl (C=O) groups excluding carboxylic acids is 1. The van der Waals surface area contributed by atoms with Gasteiger partial charge in [0.2, 0.25) is 5.91 Å². The average Bonchev–Trinajstić information content (AvgIpc) is 3.18. The van der Waals surface area contributed by atoms with Crippen molar-refractivity contribution in [1.82, 2.24) is 5.32 Å². The van der Waals surface area contributed by atoms with Gasteiger partial charge in [0.05, 0.1) is 0 Å². The van der Waals surface area contributed by atoms with Crippen molar-refractivity contribution in [3.05, 3.63) is 0 Å². The van der Waals surface area contributed by atoms with E-state index in [1.54, 1.807) is 0 Å². The first-order valence-electron chi connectivity index (χ1n) is 6.79. The lowest BCUT2D eigenvalue weighted by atomic mass is 9.99. The van der Waals surface area contributed by atoms with Crippen LogP contribution in [0.25, 0.3) is 0 Å². The summed E-state index contributed by atoms with van der Waals surface area (Å²) in [6.45, 7) is 3.87. The summed E-state index contributed by atoms with van der Waals surface area (Å²) in [6.07, 6.45) is 5.32. The molecule has 1 aliphatic carbocycles. The van der Waals surface area contributed by atoms with Crippen molar-refractivity contribution in [1.29, 1.82) is 0 Å². The second-order valence-electron chi connectivity index (χ2n) is 5.05. The minimum Gasteiger partial charge on any atom is -0.381 e. The van der Waals surface area contributed by atoms with Crippen molar-refractivity contribution < 1.29 is 14.3 Å². The summed E-state index contributed by atoms with van der Waals surface area (Å²) in [5, 5.41) is 2.98. The third-order valence-electron chi connectivity index (χ3n) is 3.41. The molecule has 2 aliphatic rings. The summed E-state index contributed by atoms with van der Waals surface area (Å²) in [7, 11) is 0. The SMILES string of the molecule is O=C(NCCCOCC1CC1)C1CCOCC1. The fourth-order valence-corrected chi connectivity index (χ4v) is 2.02. The molecule has 2 fully saturated rings.